The highest BCUT2D eigenvalue weighted by Gasteiger charge is 2.23. The highest BCUT2D eigenvalue weighted by Crippen LogP contribution is 2.20. The standard InChI is InChI=1S/C14H19ClN2O3S/c1-11-5-4-8-17(10-11)14(18)9-16-21(19,20)13-7-3-2-6-12(13)15/h2-3,6-7,11,16H,4-5,8-10H2,1H3. The van der Waals surface area contributed by atoms with Crippen molar-refractivity contribution in [1.29, 1.82) is 0 Å². The van der Waals surface area contributed by atoms with Crippen LogP contribution in [0.3, 0.4) is 0 Å². The molecule has 0 radical (unpaired) electrons. The Morgan fingerprint density at radius 1 is 1.43 bits per heavy atom. The van der Waals surface area contributed by atoms with Gasteiger partial charge in [-0.15, -0.1) is 0 Å². The van der Waals surface area contributed by atoms with Crippen LogP contribution in [0.25, 0.3) is 0 Å². The SMILES string of the molecule is CC1CCCN(C(=O)CNS(=O)(=O)c2ccccc2Cl)C1. The summed E-state index contributed by atoms with van der Waals surface area (Å²) in [5, 5.41) is 0.143. The Labute approximate surface area is 130 Å². The lowest BCUT2D eigenvalue weighted by Gasteiger charge is -2.31. The molecule has 1 fully saturated rings. The van der Waals surface area contributed by atoms with E-state index in [2.05, 4.69) is 11.6 Å². The van der Waals surface area contributed by atoms with Crippen LogP contribution in [0.5, 0.6) is 0 Å². The van der Waals surface area contributed by atoms with E-state index < -0.39 is 10.0 Å². The van der Waals surface area contributed by atoms with Gasteiger partial charge in [-0.1, -0.05) is 30.7 Å². The lowest BCUT2D eigenvalue weighted by atomic mass is 10.0. The van der Waals surface area contributed by atoms with E-state index in [0.717, 1.165) is 12.8 Å². The molecule has 1 saturated heterocycles. The molecular formula is C14H19ClN2O3S. The number of nitrogens with zero attached hydrogens (tertiary/aromatic N) is 1. The third-order valence-corrected chi connectivity index (χ3v) is 5.45. The number of carbonyl (C=O) groups excluding carboxylic acids is 1. The van der Waals surface area contributed by atoms with Gasteiger partial charge in [-0.05, 0) is 30.9 Å². The van der Waals surface area contributed by atoms with E-state index in [9.17, 15) is 13.2 Å². The van der Waals surface area contributed by atoms with Crippen molar-refractivity contribution in [3.05, 3.63) is 29.3 Å². The molecule has 1 unspecified atom stereocenters. The van der Waals surface area contributed by atoms with Gasteiger partial charge in [-0.25, -0.2) is 13.1 Å². The molecule has 1 aromatic carbocycles. The van der Waals surface area contributed by atoms with Gasteiger partial charge in [-0.3, -0.25) is 4.79 Å². The van der Waals surface area contributed by atoms with Gasteiger partial charge in [-0.2, -0.15) is 0 Å². The summed E-state index contributed by atoms with van der Waals surface area (Å²) in [4.78, 5) is 13.8. The molecule has 1 aromatic rings. The summed E-state index contributed by atoms with van der Waals surface area (Å²) in [6, 6.07) is 6.17. The Balaban J connectivity index is 1.99. The highest BCUT2D eigenvalue weighted by atomic mass is 35.5. The molecule has 1 atom stereocenters. The van der Waals surface area contributed by atoms with Gasteiger partial charge >= 0.3 is 0 Å². The predicted octanol–water partition coefficient (Wildman–Crippen LogP) is 1.88. The van der Waals surface area contributed by atoms with E-state index in [0.29, 0.717) is 19.0 Å². The van der Waals surface area contributed by atoms with Crippen LogP contribution in [-0.2, 0) is 14.8 Å². The second-order valence-electron chi connectivity index (χ2n) is 5.34. The van der Waals surface area contributed by atoms with E-state index in [1.54, 1.807) is 17.0 Å². The number of sulfonamides is 1. The van der Waals surface area contributed by atoms with Crippen LogP contribution >= 0.6 is 11.6 Å². The monoisotopic (exact) mass is 330 g/mol. The molecule has 7 heteroatoms. The molecule has 0 spiro atoms. The third-order valence-electron chi connectivity index (χ3n) is 3.55. The van der Waals surface area contributed by atoms with Crippen molar-refractivity contribution >= 4 is 27.5 Å². The maximum Gasteiger partial charge on any atom is 0.242 e. The van der Waals surface area contributed by atoms with E-state index in [1.165, 1.54) is 12.1 Å². The number of piperidine rings is 1. The molecule has 5 nitrogen and oxygen atoms in total. The second kappa shape index (κ2) is 6.77. The number of rotatable bonds is 4. The number of amides is 1. The number of benzene rings is 1. The molecule has 116 valence electrons. The summed E-state index contributed by atoms with van der Waals surface area (Å²) in [6.45, 7) is 3.23. The van der Waals surface area contributed by atoms with Gasteiger partial charge in [0.25, 0.3) is 0 Å². The summed E-state index contributed by atoms with van der Waals surface area (Å²) < 4.78 is 26.6. The zero-order valence-electron chi connectivity index (χ0n) is 11.9. The van der Waals surface area contributed by atoms with Crippen LogP contribution in [0.15, 0.2) is 29.2 Å². The maximum atomic E-state index is 12.1. The van der Waals surface area contributed by atoms with Crippen molar-refractivity contribution in [2.45, 2.75) is 24.7 Å². The zero-order valence-corrected chi connectivity index (χ0v) is 13.5. The van der Waals surface area contributed by atoms with Crippen LogP contribution in [0.1, 0.15) is 19.8 Å². The molecule has 0 aliphatic carbocycles. The van der Waals surface area contributed by atoms with Gasteiger partial charge < -0.3 is 4.90 Å². The first-order valence-electron chi connectivity index (χ1n) is 6.92. The largest absolute Gasteiger partial charge is 0.341 e. The van der Waals surface area contributed by atoms with Gasteiger partial charge in [0.05, 0.1) is 11.6 Å². The number of carbonyl (C=O) groups is 1. The van der Waals surface area contributed by atoms with Crippen molar-refractivity contribution in [3.63, 3.8) is 0 Å². The number of hydrogen-bond acceptors (Lipinski definition) is 3. The van der Waals surface area contributed by atoms with Gasteiger partial charge in [0.15, 0.2) is 0 Å². The summed E-state index contributed by atoms with van der Waals surface area (Å²) in [5.74, 6) is 0.264. The Hall–Kier alpha value is -1.11. The highest BCUT2D eigenvalue weighted by molar-refractivity contribution is 7.89. The Morgan fingerprint density at radius 3 is 2.81 bits per heavy atom. The fraction of sp³-hybridized carbons (Fsp3) is 0.500. The van der Waals surface area contributed by atoms with Crippen LogP contribution < -0.4 is 4.72 Å². The number of hydrogen-bond donors (Lipinski definition) is 1. The number of nitrogens with one attached hydrogen (secondary N) is 1. The van der Waals surface area contributed by atoms with Crippen molar-refractivity contribution in [2.75, 3.05) is 19.6 Å². The van der Waals surface area contributed by atoms with Gasteiger partial charge in [0.1, 0.15) is 4.90 Å². The predicted molar refractivity (Wildman–Crippen MR) is 81.6 cm³/mol. The molecule has 0 saturated carbocycles. The molecular weight excluding hydrogens is 312 g/mol. The summed E-state index contributed by atoms with van der Waals surface area (Å²) in [5.41, 5.74) is 0. The lowest BCUT2D eigenvalue weighted by Crippen LogP contribution is -2.44. The van der Waals surface area contributed by atoms with Crippen molar-refractivity contribution in [2.24, 2.45) is 5.92 Å². The van der Waals surface area contributed by atoms with Crippen LogP contribution in [-0.4, -0.2) is 38.9 Å². The average molecular weight is 331 g/mol. The van der Waals surface area contributed by atoms with Gasteiger partial charge in [0.2, 0.25) is 15.9 Å². The van der Waals surface area contributed by atoms with Gasteiger partial charge in [0, 0.05) is 13.1 Å². The maximum absolute atomic E-state index is 12.1. The molecule has 0 aromatic heterocycles. The minimum atomic E-state index is -3.77. The van der Waals surface area contributed by atoms with Crippen LogP contribution in [0, 0.1) is 5.92 Å². The zero-order chi connectivity index (χ0) is 15.5. The van der Waals surface area contributed by atoms with Crippen molar-refractivity contribution in [1.82, 2.24) is 9.62 Å². The molecule has 2 rings (SSSR count). The first kappa shape index (κ1) is 16.3. The molecule has 21 heavy (non-hydrogen) atoms. The molecule has 1 aliphatic heterocycles. The van der Waals surface area contributed by atoms with Crippen molar-refractivity contribution in [3.8, 4) is 0 Å². The fourth-order valence-corrected chi connectivity index (χ4v) is 3.92. The van der Waals surface area contributed by atoms with E-state index in [4.69, 9.17) is 11.6 Å². The smallest absolute Gasteiger partial charge is 0.242 e. The Morgan fingerprint density at radius 2 is 2.14 bits per heavy atom. The Bertz CT molecular complexity index is 618. The quantitative estimate of drug-likeness (QED) is 0.916. The van der Waals surface area contributed by atoms with Crippen molar-refractivity contribution < 1.29 is 13.2 Å². The first-order chi connectivity index (χ1) is 9.90. The van der Waals surface area contributed by atoms with Crippen LogP contribution in [0.4, 0.5) is 0 Å². The molecule has 0 bridgehead atoms. The minimum Gasteiger partial charge on any atom is -0.341 e. The molecule has 1 aliphatic rings. The number of halogens is 1. The minimum absolute atomic E-state index is 0.00789. The molecule has 1 heterocycles. The average Bonchev–Trinajstić information content (AvgIpc) is 2.45. The first-order valence-corrected chi connectivity index (χ1v) is 8.78. The third kappa shape index (κ3) is 4.18. The summed E-state index contributed by atoms with van der Waals surface area (Å²) in [6.07, 6.45) is 2.07. The second-order valence-corrected chi connectivity index (χ2v) is 7.48. The fourth-order valence-electron chi connectivity index (χ4n) is 2.42. The molecule has 1 amide bonds. The van der Waals surface area contributed by atoms with E-state index in [1.807, 2.05) is 0 Å². The van der Waals surface area contributed by atoms with E-state index >= 15 is 0 Å². The topological polar surface area (TPSA) is 66.5 Å². The summed E-state index contributed by atoms with van der Waals surface area (Å²) >= 11 is 5.88. The number of likely N-dealkylation sites (tertiary alicyclic amines) is 1. The Kier molecular flexibility index (Phi) is 5.24. The van der Waals surface area contributed by atoms with Crippen LogP contribution in [0.2, 0.25) is 5.02 Å². The lowest BCUT2D eigenvalue weighted by molar-refractivity contribution is -0.131. The summed E-state index contributed by atoms with van der Waals surface area (Å²) in [7, 11) is -3.77. The molecule has 1 N–H and O–H groups in total. The van der Waals surface area contributed by atoms with E-state index in [-0.39, 0.29) is 22.4 Å². The normalized spacial score (nSPS) is 19.5.